The quantitative estimate of drug-likeness (QED) is 0.760. The number of halogens is 1. The zero-order valence-electron chi connectivity index (χ0n) is 12.2. The lowest BCUT2D eigenvalue weighted by molar-refractivity contribution is -0.128. The van der Waals surface area contributed by atoms with Crippen LogP contribution in [0.25, 0.3) is 0 Å². The van der Waals surface area contributed by atoms with Crippen LogP contribution in [0.5, 0.6) is 0 Å². The molecule has 1 heterocycles. The number of benzene rings is 1. The van der Waals surface area contributed by atoms with Gasteiger partial charge in [0.25, 0.3) is 0 Å². The van der Waals surface area contributed by atoms with Crippen LogP contribution in [0.15, 0.2) is 36.9 Å². The molecule has 0 radical (unpaired) electrons. The molecule has 1 saturated heterocycles. The van der Waals surface area contributed by atoms with Crippen molar-refractivity contribution in [2.24, 2.45) is 0 Å². The highest BCUT2D eigenvalue weighted by atomic mass is 32.2. The van der Waals surface area contributed by atoms with Gasteiger partial charge in [-0.25, -0.2) is 12.8 Å². The number of carbonyl (C=O) groups excluding carboxylic acids is 1. The van der Waals surface area contributed by atoms with Crippen LogP contribution in [0.4, 0.5) is 10.1 Å². The van der Waals surface area contributed by atoms with E-state index < -0.39 is 21.5 Å². The van der Waals surface area contributed by atoms with Crippen LogP contribution < -0.4 is 4.90 Å². The molecule has 0 spiro atoms. The maximum atomic E-state index is 13.7. The fourth-order valence-electron chi connectivity index (χ4n) is 2.42. The van der Waals surface area contributed by atoms with Crippen molar-refractivity contribution in [3.63, 3.8) is 0 Å². The van der Waals surface area contributed by atoms with E-state index in [0.29, 0.717) is 31.9 Å². The van der Waals surface area contributed by atoms with Crippen LogP contribution in [-0.4, -0.2) is 56.9 Å². The van der Waals surface area contributed by atoms with Crippen LogP contribution in [0.2, 0.25) is 0 Å². The second-order valence-electron chi connectivity index (χ2n) is 5.16. The van der Waals surface area contributed by atoms with E-state index in [-0.39, 0.29) is 11.6 Å². The Labute approximate surface area is 129 Å². The third-order valence-corrected chi connectivity index (χ3v) is 4.97. The van der Waals surface area contributed by atoms with E-state index in [1.165, 1.54) is 17.0 Å². The number of para-hydroxylation sites is 1. The zero-order valence-corrected chi connectivity index (χ0v) is 13.1. The molecule has 22 heavy (non-hydrogen) atoms. The van der Waals surface area contributed by atoms with Crippen molar-refractivity contribution in [2.45, 2.75) is 0 Å². The van der Waals surface area contributed by atoms with Gasteiger partial charge in [0.05, 0.1) is 11.4 Å². The number of piperazine rings is 1. The van der Waals surface area contributed by atoms with Crippen LogP contribution >= 0.6 is 0 Å². The SMILES string of the molecule is C=CCS(=O)(=O)CC(=O)N1CCN(c2ccccc2F)CC1. The molecule has 1 aliphatic rings. The first-order valence-electron chi connectivity index (χ1n) is 7.01. The van der Waals surface area contributed by atoms with Gasteiger partial charge in [-0.1, -0.05) is 18.2 Å². The fraction of sp³-hybridized carbons (Fsp3) is 0.400. The molecule has 1 amide bonds. The van der Waals surface area contributed by atoms with Gasteiger partial charge in [-0.05, 0) is 12.1 Å². The molecule has 0 aliphatic carbocycles. The van der Waals surface area contributed by atoms with Crippen LogP contribution in [0, 0.1) is 5.82 Å². The summed E-state index contributed by atoms with van der Waals surface area (Å²) in [5, 5.41) is 0. The summed E-state index contributed by atoms with van der Waals surface area (Å²) < 4.78 is 37.0. The Bertz CT molecular complexity index is 653. The molecule has 1 aromatic carbocycles. The number of nitrogens with zero attached hydrogens (tertiary/aromatic N) is 2. The van der Waals surface area contributed by atoms with Crippen LogP contribution in [-0.2, 0) is 14.6 Å². The van der Waals surface area contributed by atoms with Gasteiger partial charge in [-0.2, -0.15) is 0 Å². The van der Waals surface area contributed by atoms with Gasteiger partial charge in [0.15, 0.2) is 9.84 Å². The smallest absolute Gasteiger partial charge is 0.237 e. The summed E-state index contributed by atoms with van der Waals surface area (Å²) in [6.45, 7) is 5.10. The first-order valence-corrected chi connectivity index (χ1v) is 8.83. The molecule has 0 saturated carbocycles. The van der Waals surface area contributed by atoms with Gasteiger partial charge in [0, 0.05) is 26.2 Å². The fourth-order valence-corrected chi connectivity index (χ4v) is 3.46. The molecule has 2 rings (SSSR count). The lowest BCUT2D eigenvalue weighted by atomic mass is 10.2. The zero-order chi connectivity index (χ0) is 16.2. The van der Waals surface area contributed by atoms with Gasteiger partial charge >= 0.3 is 0 Å². The third-order valence-electron chi connectivity index (χ3n) is 3.54. The van der Waals surface area contributed by atoms with Gasteiger partial charge in [-0.15, -0.1) is 6.58 Å². The summed E-state index contributed by atoms with van der Waals surface area (Å²) >= 11 is 0. The number of anilines is 1. The van der Waals surface area contributed by atoms with E-state index >= 15 is 0 Å². The molecule has 1 aliphatic heterocycles. The van der Waals surface area contributed by atoms with E-state index in [9.17, 15) is 17.6 Å². The lowest BCUT2D eigenvalue weighted by Crippen LogP contribution is -2.50. The Morgan fingerprint density at radius 3 is 2.45 bits per heavy atom. The van der Waals surface area contributed by atoms with Crippen molar-refractivity contribution in [2.75, 3.05) is 42.6 Å². The normalized spacial score (nSPS) is 15.7. The predicted octanol–water partition coefficient (Wildman–Crippen LogP) is 1.08. The van der Waals surface area contributed by atoms with Crippen molar-refractivity contribution in [3.8, 4) is 0 Å². The van der Waals surface area contributed by atoms with Gasteiger partial charge < -0.3 is 9.80 Å². The molecule has 0 atom stereocenters. The highest BCUT2D eigenvalue weighted by molar-refractivity contribution is 7.92. The van der Waals surface area contributed by atoms with Gasteiger partial charge in [0.2, 0.25) is 5.91 Å². The minimum absolute atomic E-state index is 0.200. The van der Waals surface area contributed by atoms with E-state index in [1.54, 1.807) is 18.2 Å². The first-order chi connectivity index (χ1) is 10.4. The largest absolute Gasteiger partial charge is 0.366 e. The second kappa shape index (κ2) is 6.91. The molecule has 7 heteroatoms. The third kappa shape index (κ3) is 4.07. The highest BCUT2D eigenvalue weighted by Crippen LogP contribution is 2.20. The standard InChI is InChI=1S/C15H19FN2O3S/c1-2-11-22(20,21)12-15(19)18-9-7-17(8-10-18)14-6-4-3-5-13(14)16/h2-6H,1,7-12H2. The average molecular weight is 326 g/mol. The Hall–Kier alpha value is -1.89. The maximum absolute atomic E-state index is 13.7. The van der Waals surface area contributed by atoms with Gasteiger partial charge in [-0.3, -0.25) is 4.79 Å². The topological polar surface area (TPSA) is 57.7 Å². The Morgan fingerprint density at radius 2 is 1.86 bits per heavy atom. The number of hydrogen-bond donors (Lipinski definition) is 0. The summed E-state index contributed by atoms with van der Waals surface area (Å²) in [6, 6.07) is 6.48. The van der Waals surface area contributed by atoms with E-state index in [1.807, 2.05) is 4.90 Å². The van der Waals surface area contributed by atoms with Crippen molar-refractivity contribution < 1.29 is 17.6 Å². The Kier molecular flexibility index (Phi) is 5.18. The predicted molar refractivity (Wildman–Crippen MR) is 84.0 cm³/mol. The van der Waals surface area contributed by atoms with Crippen molar-refractivity contribution in [1.29, 1.82) is 0 Å². The molecular weight excluding hydrogens is 307 g/mol. The second-order valence-corrected chi connectivity index (χ2v) is 7.27. The Balaban J connectivity index is 1.93. The number of hydrogen-bond acceptors (Lipinski definition) is 4. The van der Waals surface area contributed by atoms with Crippen molar-refractivity contribution in [1.82, 2.24) is 4.90 Å². The molecule has 120 valence electrons. The van der Waals surface area contributed by atoms with Crippen molar-refractivity contribution >= 4 is 21.4 Å². The minimum Gasteiger partial charge on any atom is -0.366 e. The molecule has 0 unspecified atom stereocenters. The molecule has 1 fully saturated rings. The molecular formula is C15H19FN2O3S. The minimum atomic E-state index is -3.44. The van der Waals surface area contributed by atoms with Crippen molar-refractivity contribution in [3.05, 3.63) is 42.7 Å². The van der Waals surface area contributed by atoms with Crippen LogP contribution in [0.3, 0.4) is 0 Å². The summed E-state index contributed by atoms with van der Waals surface area (Å²) in [6.07, 6.45) is 1.28. The summed E-state index contributed by atoms with van der Waals surface area (Å²) in [5.41, 5.74) is 0.508. The maximum Gasteiger partial charge on any atom is 0.237 e. The molecule has 0 aromatic heterocycles. The molecule has 1 aromatic rings. The lowest BCUT2D eigenvalue weighted by Gasteiger charge is -2.36. The number of carbonyl (C=O) groups is 1. The number of amides is 1. The number of sulfone groups is 1. The van der Waals surface area contributed by atoms with Crippen LogP contribution in [0.1, 0.15) is 0 Å². The van der Waals surface area contributed by atoms with E-state index in [0.717, 1.165) is 0 Å². The summed E-state index contributed by atoms with van der Waals surface area (Å²) in [5.74, 6) is -1.40. The van der Waals surface area contributed by atoms with Gasteiger partial charge in [0.1, 0.15) is 11.6 Å². The summed E-state index contributed by atoms with van der Waals surface area (Å²) in [7, 11) is -3.44. The molecule has 0 N–H and O–H groups in total. The van der Waals surface area contributed by atoms with E-state index in [2.05, 4.69) is 6.58 Å². The molecule has 5 nitrogen and oxygen atoms in total. The first kappa shape index (κ1) is 16.5. The van der Waals surface area contributed by atoms with E-state index in [4.69, 9.17) is 0 Å². The number of rotatable bonds is 5. The molecule has 0 bridgehead atoms. The average Bonchev–Trinajstić information content (AvgIpc) is 2.47. The summed E-state index contributed by atoms with van der Waals surface area (Å²) in [4.78, 5) is 15.4. The highest BCUT2D eigenvalue weighted by Gasteiger charge is 2.25. The Morgan fingerprint density at radius 1 is 1.23 bits per heavy atom. The monoisotopic (exact) mass is 326 g/mol.